The van der Waals surface area contributed by atoms with Gasteiger partial charge in [0.05, 0.1) is 5.39 Å². The lowest BCUT2D eigenvalue weighted by molar-refractivity contribution is 0.679. The average molecular weight is 262 g/mol. The monoisotopic (exact) mass is 262 g/mol. The topological polar surface area (TPSA) is 41.0 Å². The number of aryl methyl sites for hydroxylation is 1. The zero-order valence-electron chi connectivity index (χ0n) is 10.8. The Bertz CT molecular complexity index is 545. The van der Waals surface area contributed by atoms with Crippen LogP contribution in [0.1, 0.15) is 18.2 Å². The molecule has 1 saturated heterocycles. The number of anilines is 1. The molecule has 1 fully saturated rings. The fraction of sp³-hybridized carbons (Fsp3) is 0.538. The quantitative estimate of drug-likeness (QED) is 0.919. The average Bonchev–Trinajstić information content (AvgIpc) is 3.05. The van der Waals surface area contributed by atoms with E-state index in [2.05, 4.69) is 40.2 Å². The van der Waals surface area contributed by atoms with Crippen LogP contribution in [0.2, 0.25) is 0 Å². The van der Waals surface area contributed by atoms with E-state index in [1.54, 1.807) is 17.7 Å². The molecule has 1 N–H and O–H groups in total. The van der Waals surface area contributed by atoms with Gasteiger partial charge in [0.15, 0.2) is 0 Å². The van der Waals surface area contributed by atoms with Crippen molar-refractivity contribution in [3.05, 3.63) is 17.3 Å². The Kier molecular flexibility index (Phi) is 3.18. The van der Waals surface area contributed by atoms with E-state index >= 15 is 0 Å². The largest absolute Gasteiger partial charge is 0.355 e. The molecule has 0 saturated carbocycles. The summed E-state index contributed by atoms with van der Waals surface area (Å²) < 4.78 is 0. The van der Waals surface area contributed by atoms with Gasteiger partial charge in [0.1, 0.15) is 17.0 Å². The van der Waals surface area contributed by atoms with Crippen molar-refractivity contribution >= 4 is 27.4 Å². The van der Waals surface area contributed by atoms with Gasteiger partial charge in [-0.25, -0.2) is 9.97 Å². The molecular formula is C13H18N4S. The molecule has 1 aliphatic rings. The van der Waals surface area contributed by atoms with E-state index < -0.39 is 0 Å². The Morgan fingerprint density at radius 1 is 1.50 bits per heavy atom. The first-order chi connectivity index (χ1) is 8.79. The van der Waals surface area contributed by atoms with Gasteiger partial charge in [-0.1, -0.05) is 6.92 Å². The van der Waals surface area contributed by atoms with Crippen molar-refractivity contribution in [2.24, 2.45) is 0 Å². The first kappa shape index (κ1) is 11.9. The van der Waals surface area contributed by atoms with E-state index in [1.165, 1.54) is 16.7 Å². The van der Waals surface area contributed by atoms with Gasteiger partial charge in [-0.2, -0.15) is 0 Å². The number of hydrogen-bond acceptors (Lipinski definition) is 5. The summed E-state index contributed by atoms with van der Waals surface area (Å²) in [5.41, 5.74) is 0. The number of thiophene rings is 1. The highest BCUT2D eigenvalue weighted by atomic mass is 32.1. The summed E-state index contributed by atoms with van der Waals surface area (Å²) in [4.78, 5) is 13.7. The van der Waals surface area contributed by atoms with Gasteiger partial charge in [-0.15, -0.1) is 11.3 Å². The molecule has 2 aromatic rings. The minimum atomic E-state index is 0.549. The lowest BCUT2D eigenvalue weighted by Gasteiger charge is -2.25. The van der Waals surface area contributed by atoms with Crippen LogP contribution in [-0.4, -0.2) is 36.1 Å². The van der Waals surface area contributed by atoms with Crippen LogP contribution in [0.4, 0.5) is 5.82 Å². The fourth-order valence-corrected chi connectivity index (χ4v) is 3.42. The van der Waals surface area contributed by atoms with Crippen LogP contribution in [0, 0.1) is 0 Å². The molecule has 3 heterocycles. The molecule has 1 atom stereocenters. The van der Waals surface area contributed by atoms with E-state index in [9.17, 15) is 0 Å². The molecule has 0 bridgehead atoms. The highest BCUT2D eigenvalue weighted by Gasteiger charge is 2.22. The minimum Gasteiger partial charge on any atom is -0.355 e. The van der Waals surface area contributed by atoms with Gasteiger partial charge in [0.2, 0.25) is 0 Å². The second-order valence-electron chi connectivity index (χ2n) is 4.74. The Balaban J connectivity index is 2.01. The third-order valence-corrected chi connectivity index (χ3v) is 4.81. The molecule has 18 heavy (non-hydrogen) atoms. The van der Waals surface area contributed by atoms with Crippen molar-refractivity contribution in [2.45, 2.75) is 25.8 Å². The molecule has 4 nitrogen and oxygen atoms in total. The van der Waals surface area contributed by atoms with Gasteiger partial charge in [-0.05, 0) is 25.5 Å². The molecule has 1 aliphatic heterocycles. The summed E-state index contributed by atoms with van der Waals surface area (Å²) in [5, 5.41) is 4.61. The van der Waals surface area contributed by atoms with Crippen LogP contribution >= 0.6 is 11.3 Å². The maximum absolute atomic E-state index is 4.49. The number of rotatable bonds is 3. The third kappa shape index (κ3) is 1.97. The lowest BCUT2D eigenvalue weighted by atomic mass is 10.2. The molecular weight excluding hydrogens is 244 g/mol. The highest BCUT2D eigenvalue weighted by Crippen LogP contribution is 2.31. The minimum absolute atomic E-state index is 0.549. The molecule has 1 unspecified atom stereocenters. The molecule has 0 aromatic carbocycles. The van der Waals surface area contributed by atoms with Crippen molar-refractivity contribution in [3.63, 3.8) is 0 Å². The molecule has 0 radical (unpaired) electrons. The summed E-state index contributed by atoms with van der Waals surface area (Å²) in [5.74, 6) is 1.07. The van der Waals surface area contributed by atoms with Crippen LogP contribution in [0.15, 0.2) is 12.4 Å². The van der Waals surface area contributed by atoms with Crippen LogP contribution in [0.5, 0.6) is 0 Å². The van der Waals surface area contributed by atoms with Gasteiger partial charge in [-0.3, -0.25) is 0 Å². The molecule has 0 amide bonds. The molecule has 96 valence electrons. The predicted octanol–water partition coefficient (Wildman–Crippen LogP) is 2.05. The number of aromatic nitrogens is 2. The summed E-state index contributed by atoms with van der Waals surface area (Å²) in [6.45, 7) is 4.34. The van der Waals surface area contributed by atoms with Crippen molar-refractivity contribution in [2.75, 3.05) is 25.0 Å². The maximum Gasteiger partial charge on any atom is 0.140 e. The molecule has 0 aliphatic carbocycles. The van der Waals surface area contributed by atoms with E-state index in [4.69, 9.17) is 0 Å². The maximum atomic E-state index is 4.49. The fourth-order valence-electron chi connectivity index (χ4n) is 2.49. The van der Waals surface area contributed by atoms with Crippen LogP contribution in [0.3, 0.4) is 0 Å². The standard InChI is InChI=1S/C13H18N4S/c1-3-10-6-11-12(15-8-16-13(11)18-10)17(2)9-4-5-14-7-9/h6,8-9,14H,3-5,7H2,1-2H3. The second kappa shape index (κ2) is 4.82. The van der Waals surface area contributed by atoms with E-state index in [0.717, 1.165) is 30.2 Å². The summed E-state index contributed by atoms with van der Waals surface area (Å²) in [6.07, 6.45) is 3.94. The molecule has 3 rings (SSSR count). The Morgan fingerprint density at radius 2 is 2.39 bits per heavy atom. The van der Waals surface area contributed by atoms with E-state index in [1.807, 2.05) is 0 Å². The van der Waals surface area contributed by atoms with Crippen LogP contribution in [-0.2, 0) is 6.42 Å². The second-order valence-corrected chi connectivity index (χ2v) is 5.86. The lowest BCUT2D eigenvalue weighted by Crippen LogP contribution is -2.34. The number of nitrogens with zero attached hydrogens (tertiary/aromatic N) is 3. The smallest absolute Gasteiger partial charge is 0.140 e. The zero-order chi connectivity index (χ0) is 12.5. The summed E-state index contributed by atoms with van der Waals surface area (Å²) >= 11 is 1.78. The Hall–Kier alpha value is -1.20. The SMILES string of the molecule is CCc1cc2c(N(C)C3CCNC3)ncnc2s1. The molecule has 5 heteroatoms. The summed E-state index contributed by atoms with van der Waals surface area (Å²) in [7, 11) is 2.14. The van der Waals surface area contributed by atoms with Crippen molar-refractivity contribution in [1.82, 2.24) is 15.3 Å². The normalized spacial score (nSPS) is 19.6. The Morgan fingerprint density at radius 3 is 3.11 bits per heavy atom. The van der Waals surface area contributed by atoms with Crippen molar-refractivity contribution < 1.29 is 0 Å². The third-order valence-electron chi connectivity index (χ3n) is 3.62. The van der Waals surface area contributed by atoms with Crippen molar-refractivity contribution in [1.29, 1.82) is 0 Å². The Labute approximate surface area is 111 Å². The van der Waals surface area contributed by atoms with Crippen molar-refractivity contribution in [3.8, 4) is 0 Å². The van der Waals surface area contributed by atoms with Crippen LogP contribution < -0.4 is 10.2 Å². The predicted molar refractivity (Wildman–Crippen MR) is 76.5 cm³/mol. The number of hydrogen-bond donors (Lipinski definition) is 1. The number of likely N-dealkylation sites (N-methyl/N-ethyl adjacent to an activating group) is 1. The zero-order valence-corrected chi connectivity index (χ0v) is 11.6. The van der Waals surface area contributed by atoms with E-state index in [0.29, 0.717) is 6.04 Å². The highest BCUT2D eigenvalue weighted by molar-refractivity contribution is 7.18. The first-order valence-corrected chi connectivity index (χ1v) is 7.28. The number of fused-ring (bicyclic) bond motifs is 1. The van der Waals surface area contributed by atoms with Gasteiger partial charge >= 0.3 is 0 Å². The van der Waals surface area contributed by atoms with E-state index in [-0.39, 0.29) is 0 Å². The number of nitrogens with one attached hydrogen (secondary N) is 1. The summed E-state index contributed by atoms with van der Waals surface area (Å²) in [6, 6.07) is 2.79. The van der Waals surface area contributed by atoms with Gasteiger partial charge in [0, 0.05) is 24.5 Å². The first-order valence-electron chi connectivity index (χ1n) is 6.46. The van der Waals surface area contributed by atoms with Crippen LogP contribution in [0.25, 0.3) is 10.2 Å². The van der Waals surface area contributed by atoms with Gasteiger partial charge in [0.25, 0.3) is 0 Å². The van der Waals surface area contributed by atoms with Gasteiger partial charge < -0.3 is 10.2 Å². The molecule has 0 spiro atoms. The molecule has 2 aromatic heterocycles.